The summed E-state index contributed by atoms with van der Waals surface area (Å²) in [5.41, 5.74) is 2.30. The van der Waals surface area contributed by atoms with E-state index in [-0.39, 0.29) is 32.6 Å². The molecule has 1 aliphatic carbocycles. The van der Waals surface area contributed by atoms with Gasteiger partial charge >= 0.3 is 5.97 Å². The normalized spacial score (nSPS) is 15.9. The Morgan fingerprint density at radius 1 is 1.08 bits per heavy atom. The molecule has 0 aliphatic heterocycles. The van der Waals surface area contributed by atoms with Crippen LogP contribution in [0.25, 0.3) is 0 Å². The zero-order valence-electron chi connectivity index (χ0n) is 13.7. The van der Waals surface area contributed by atoms with Gasteiger partial charge < -0.3 is 10.1 Å². The summed E-state index contributed by atoms with van der Waals surface area (Å²) in [7, 11) is 0. The Balaban J connectivity index is 1.62. The highest BCUT2D eigenvalue weighted by Gasteiger charge is 2.23. The first-order valence-corrected chi connectivity index (χ1v) is 9.28. The van der Waals surface area contributed by atoms with E-state index >= 15 is 0 Å². The molecule has 2 aromatic rings. The summed E-state index contributed by atoms with van der Waals surface area (Å²) in [6.45, 7) is -0.420. The lowest BCUT2D eigenvalue weighted by Gasteiger charge is -2.26. The Bertz CT molecular complexity index is 854. The minimum Gasteiger partial charge on any atom is -0.452 e. The van der Waals surface area contributed by atoms with Crippen molar-refractivity contribution in [3.63, 3.8) is 0 Å². The number of benzene rings is 2. The molecule has 7 heteroatoms. The van der Waals surface area contributed by atoms with Crippen molar-refractivity contribution in [2.24, 2.45) is 0 Å². The quantitative estimate of drug-likeness (QED) is 0.568. The predicted octanol–water partition coefficient (Wildman–Crippen LogP) is 5.00. The van der Waals surface area contributed by atoms with E-state index in [2.05, 4.69) is 11.4 Å². The molecule has 0 aromatic heterocycles. The average molecular weight is 413 g/mol. The van der Waals surface area contributed by atoms with Crippen molar-refractivity contribution in [3.8, 4) is 0 Å². The fraction of sp³-hybridized carbons (Fsp3) is 0.263. The van der Waals surface area contributed by atoms with Crippen molar-refractivity contribution < 1.29 is 14.3 Å². The molecule has 1 atom stereocenters. The monoisotopic (exact) mass is 411 g/mol. The number of rotatable bonds is 4. The minimum absolute atomic E-state index is 0.00535. The zero-order chi connectivity index (χ0) is 18.7. The van der Waals surface area contributed by atoms with Crippen LogP contribution in [0.2, 0.25) is 15.1 Å². The van der Waals surface area contributed by atoms with Gasteiger partial charge in [0, 0.05) is 0 Å². The molecule has 136 valence electrons. The van der Waals surface area contributed by atoms with Crippen LogP contribution in [0.15, 0.2) is 36.4 Å². The standard InChI is InChI=1S/C19H16Cl3NO3/c20-13-8-9-14(21)18(22)17(13)19(25)26-10-16(24)23-15-7-3-5-11-4-1-2-6-12(11)15/h1-2,4,6,8-9,15H,3,5,7,10H2,(H,23,24). The molecule has 0 heterocycles. The highest BCUT2D eigenvalue weighted by molar-refractivity contribution is 6.46. The molecule has 1 amide bonds. The van der Waals surface area contributed by atoms with Crippen LogP contribution in [0.1, 0.15) is 40.4 Å². The first-order chi connectivity index (χ1) is 12.5. The number of fused-ring (bicyclic) bond motifs is 1. The fourth-order valence-corrected chi connectivity index (χ4v) is 3.74. The van der Waals surface area contributed by atoms with Crippen molar-refractivity contribution in [1.29, 1.82) is 0 Å². The lowest BCUT2D eigenvalue weighted by atomic mass is 9.88. The van der Waals surface area contributed by atoms with Gasteiger partial charge in [-0.15, -0.1) is 0 Å². The highest BCUT2D eigenvalue weighted by atomic mass is 35.5. The van der Waals surface area contributed by atoms with Gasteiger partial charge in [-0.05, 0) is 42.5 Å². The number of carbonyl (C=O) groups excluding carboxylic acids is 2. The van der Waals surface area contributed by atoms with E-state index in [1.54, 1.807) is 0 Å². The smallest absolute Gasteiger partial charge is 0.341 e. The maximum Gasteiger partial charge on any atom is 0.341 e. The van der Waals surface area contributed by atoms with E-state index in [1.165, 1.54) is 17.7 Å². The molecule has 4 nitrogen and oxygen atoms in total. The van der Waals surface area contributed by atoms with Crippen molar-refractivity contribution in [3.05, 3.63) is 68.2 Å². The van der Waals surface area contributed by atoms with Crippen LogP contribution in [-0.2, 0) is 16.0 Å². The van der Waals surface area contributed by atoms with Crippen molar-refractivity contribution >= 4 is 46.7 Å². The number of hydrogen-bond donors (Lipinski definition) is 1. The van der Waals surface area contributed by atoms with E-state index in [0.29, 0.717) is 0 Å². The summed E-state index contributed by atoms with van der Waals surface area (Å²) in [4.78, 5) is 24.4. The number of halogens is 3. The Morgan fingerprint density at radius 3 is 2.62 bits per heavy atom. The van der Waals surface area contributed by atoms with E-state index in [0.717, 1.165) is 24.8 Å². The number of aryl methyl sites for hydroxylation is 1. The maximum absolute atomic E-state index is 12.2. The lowest BCUT2D eigenvalue weighted by molar-refractivity contribution is -0.125. The average Bonchev–Trinajstić information content (AvgIpc) is 2.64. The second-order valence-corrected chi connectivity index (χ2v) is 7.20. The largest absolute Gasteiger partial charge is 0.452 e. The molecule has 0 radical (unpaired) electrons. The van der Waals surface area contributed by atoms with Gasteiger partial charge in [-0.3, -0.25) is 4.79 Å². The van der Waals surface area contributed by atoms with Gasteiger partial charge in [0.1, 0.15) is 0 Å². The van der Waals surface area contributed by atoms with Crippen LogP contribution < -0.4 is 5.32 Å². The Hall–Kier alpha value is -1.75. The van der Waals surface area contributed by atoms with E-state index in [4.69, 9.17) is 39.5 Å². The molecule has 2 aromatic carbocycles. The summed E-state index contributed by atoms with van der Waals surface area (Å²) in [6.07, 6.45) is 2.85. The first-order valence-electron chi connectivity index (χ1n) is 8.15. The van der Waals surface area contributed by atoms with Crippen LogP contribution in [0.3, 0.4) is 0 Å². The second kappa shape index (κ2) is 8.30. The second-order valence-electron chi connectivity index (χ2n) is 6.01. The van der Waals surface area contributed by atoms with Gasteiger partial charge in [0.05, 0.1) is 26.7 Å². The predicted molar refractivity (Wildman–Crippen MR) is 102 cm³/mol. The minimum atomic E-state index is -0.790. The summed E-state index contributed by atoms with van der Waals surface area (Å²) in [5, 5.41) is 3.22. The maximum atomic E-state index is 12.2. The van der Waals surface area contributed by atoms with Gasteiger partial charge in [0.15, 0.2) is 6.61 Å². The number of ether oxygens (including phenoxy) is 1. The number of amides is 1. The van der Waals surface area contributed by atoms with Gasteiger partial charge in [0.2, 0.25) is 0 Å². The van der Waals surface area contributed by atoms with Crippen molar-refractivity contribution in [1.82, 2.24) is 5.32 Å². The molecule has 1 unspecified atom stereocenters. The fourth-order valence-electron chi connectivity index (χ4n) is 3.06. The van der Waals surface area contributed by atoms with Crippen LogP contribution in [0.4, 0.5) is 0 Å². The van der Waals surface area contributed by atoms with Crippen LogP contribution in [0, 0.1) is 0 Å². The molecular weight excluding hydrogens is 397 g/mol. The molecule has 3 rings (SSSR count). The molecule has 1 N–H and O–H groups in total. The van der Waals surface area contributed by atoms with Crippen LogP contribution in [0.5, 0.6) is 0 Å². The van der Waals surface area contributed by atoms with E-state index in [1.807, 2.05) is 18.2 Å². The number of esters is 1. The molecule has 0 fully saturated rings. The van der Waals surface area contributed by atoms with E-state index < -0.39 is 12.6 Å². The molecule has 0 spiro atoms. The third-order valence-corrected chi connectivity index (χ3v) is 5.41. The highest BCUT2D eigenvalue weighted by Crippen LogP contribution is 2.32. The molecule has 0 bridgehead atoms. The lowest BCUT2D eigenvalue weighted by Crippen LogP contribution is -2.34. The van der Waals surface area contributed by atoms with Gasteiger partial charge in [-0.2, -0.15) is 0 Å². The van der Waals surface area contributed by atoms with E-state index in [9.17, 15) is 9.59 Å². The molecule has 1 aliphatic rings. The summed E-state index contributed by atoms with van der Waals surface area (Å²) in [6, 6.07) is 10.9. The molecular formula is C19H16Cl3NO3. The zero-order valence-corrected chi connectivity index (χ0v) is 16.0. The molecule has 0 saturated heterocycles. The topological polar surface area (TPSA) is 55.4 Å². The van der Waals surface area contributed by atoms with Crippen LogP contribution >= 0.6 is 34.8 Å². The number of carbonyl (C=O) groups is 2. The number of hydrogen-bond acceptors (Lipinski definition) is 3. The van der Waals surface area contributed by atoms with Crippen molar-refractivity contribution in [2.75, 3.05) is 6.61 Å². The number of nitrogens with one attached hydrogen (secondary N) is 1. The van der Waals surface area contributed by atoms with Gasteiger partial charge in [-0.25, -0.2) is 4.79 Å². The van der Waals surface area contributed by atoms with Crippen molar-refractivity contribution in [2.45, 2.75) is 25.3 Å². The third kappa shape index (κ3) is 4.14. The van der Waals surface area contributed by atoms with Gasteiger partial charge in [-0.1, -0.05) is 59.1 Å². The van der Waals surface area contributed by atoms with Gasteiger partial charge in [0.25, 0.3) is 5.91 Å². The summed E-state index contributed by atoms with van der Waals surface area (Å²) in [5.74, 6) is -1.17. The SMILES string of the molecule is O=C(COC(=O)c1c(Cl)ccc(Cl)c1Cl)NC1CCCc2ccccc21. The molecule has 0 saturated carbocycles. The Labute approximate surface area is 166 Å². The third-order valence-electron chi connectivity index (χ3n) is 4.29. The molecule has 26 heavy (non-hydrogen) atoms. The summed E-state index contributed by atoms with van der Waals surface area (Å²) >= 11 is 17.9. The first kappa shape index (κ1) is 19.0. The summed E-state index contributed by atoms with van der Waals surface area (Å²) < 4.78 is 5.06. The Morgan fingerprint density at radius 2 is 1.81 bits per heavy atom. The Kier molecular flexibility index (Phi) is 6.07. The van der Waals surface area contributed by atoms with Crippen LogP contribution in [-0.4, -0.2) is 18.5 Å².